The molecule has 0 amide bonds. The highest BCUT2D eigenvalue weighted by atomic mass is 32.2. The highest BCUT2D eigenvalue weighted by Gasteiger charge is 2.19. The molecule has 0 aliphatic heterocycles. The molecule has 2 heterocycles. The second-order valence-corrected chi connectivity index (χ2v) is 6.45. The molecular formula is C13H15N3S2. The summed E-state index contributed by atoms with van der Waals surface area (Å²) in [6, 6.07) is 0. The zero-order valence-corrected chi connectivity index (χ0v) is 11.7. The predicted molar refractivity (Wildman–Crippen MR) is 79.4 cm³/mol. The summed E-state index contributed by atoms with van der Waals surface area (Å²) in [5.41, 5.74) is 7.52. The van der Waals surface area contributed by atoms with Gasteiger partial charge in [0.2, 0.25) is 0 Å². The van der Waals surface area contributed by atoms with E-state index in [2.05, 4.69) is 16.5 Å². The average Bonchev–Trinajstić information content (AvgIpc) is 2.74. The van der Waals surface area contributed by atoms with Crippen LogP contribution in [0.5, 0.6) is 0 Å². The van der Waals surface area contributed by atoms with Crippen molar-refractivity contribution in [3.05, 3.63) is 23.1 Å². The number of nitrogens with zero attached hydrogens (tertiary/aromatic N) is 2. The van der Waals surface area contributed by atoms with Crippen molar-refractivity contribution in [3.8, 4) is 0 Å². The van der Waals surface area contributed by atoms with Gasteiger partial charge in [-0.25, -0.2) is 9.97 Å². The maximum atomic E-state index is 6.11. The summed E-state index contributed by atoms with van der Waals surface area (Å²) >= 11 is 3.37. The minimum Gasteiger partial charge on any atom is -0.383 e. The Labute approximate surface area is 115 Å². The Morgan fingerprint density at radius 2 is 2.17 bits per heavy atom. The van der Waals surface area contributed by atoms with E-state index in [-0.39, 0.29) is 0 Å². The van der Waals surface area contributed by atoms with E-state index < -0.39 is 0 Å². The van der Waals surface area contributed by atoms with Crippen LogP contribution < -0.4 is 5.73 Å². The maximum absolute atomic E-state index is 6.11. The minimum absolute atomic E-state index is 0.644. The van der Waals surface area contributed by atoms with Gasteiger partial charge in [-0.1, -0.05) is 17.8 Å². The largest absolute Gasteiger partial charge is 0.383 e. The molecule has 2 aromatic rings. The molecule has 0 bridgehead atoms. The van der Waals surface area contributed by atoms with Gasteiger partial charge in [0.1, 0.15) is 10.6 Å². The number of nitrogens with two attached hydrogens (primary N) is 1. The SMILES string of the molecule is C=CCSc1nc(N)c2c3c(sc2n1)CCCC3. The van der Waals surface area contributed by atoms with E-state index in [9.17, 15) is 0 Å². The van der Waals surface area contributed by atoms with Crippen LogP contribution in [0.4, 0.5) is 5.82 Å². The van der Waals surface area contributed by atoms with Crippen molar-refractivity contribution in [2.24, 2.45) is 0 Å². The Balaban J connectivity index is 2.11. The van der Waals surface area contributed by atoms with Crippen LogP contribution >= 0.6 is 23.1 Å². The molecule has 2 aromatic heterocycles. The van der Waals surface area contributed by atoms with Crippen LogP contribution in [-0.4, -0.2) is 15.7 Å². The third kappa shape index (κ3) is 2.01. The zero-order valence-electron chi connectivity index (χ0n) is 10.1. The molecule has 0 saturated carbocycles. The summed E-state index contributed by atoms with van der Waals surface area (Å²) in [5.74, 6) is 1.46. The van der Waals surface area contributed by atoms with E-state index in [1.165, 1.54) is 29.7 Å². The summed E-state index contributed by atoms with van der Waals surface area (Å²) in [4.78, 5) is 11.5. The highest BCUT2D eigenvalue weighted by molar-refractivity contribution is 7.99. The predicted octanol–water partition coefficient (Wildman–Crippen LogP) is 3.43. The van der Waals surface area contributed by atoms with Gasteiger partial charge < -0.3 is 5.73 Å². The number of hydrogen-bond acceptors (Lipinski definition) is 5. The molecule has 1 aliphatic carbocycles. The Morgan fingerprint density at radius 3 is 3.00 bits per heavy atom. The van der Waals surface area contributed by atoms with Gasteiger partial charge in [0.05, 0.1) is 5.39 Å². The minimum atomic E-state index is 0.644. The number of rotatable bonds is 3. The van der Waals surface area contributed by atoms with Crippen LogP contribution in [0.25, 0.3) is 10.2 Å². The van der Waals surface area contributed by atoms with Crippen molar-refractivity contribution < 1.29 is 0 Å². The third-order valence-corrected chi connectivity index (χ3v) is 5.18. The lowest BCUT2D eigenvalue weighted by Gasteiger charge is -2.10. The van der Waals surface area contributed by atoms with E-state index in [0.717, 1.165) is 27.5 Å². The number of anilines is 1. The van der Waals surface area contributed by atoms with Crippen molar-refractivity contribution in [1.29, 1.82) is 0 Å². The Morgan fingerprint density at radius 1 is 1.33 bits per heavy atom. The van der Waals surface area contributed by atoms with Crippen molar-refractivity contribution in [2.45, 2.75) is 30.8 Å². The summed E-state index contributed by atoms with van der Waals surface area (Å²) in [6.45, 7) is 3.71. The van der Waals surface area contributed by atoms with Crippen LogP contribution in [0.3, 0.4) is 0 Å². The van der Waals surface area contributed by atoms with Crippen molar-refractivity contribution in [1.82, 2.24) is 9.97 Å². The van der Waals surface area contributed by atoms with Gasteiger partial charge in [0.25, 0.3) is 0 Å². The second-order valence-electron chi connectivity index (χ2n) is 4.38. The van der Waals surface area contributed by atoms with Crippen LogP contribution in [0, 0.1) is 0 Å². The second kappa shape index (κ2) is 4.90. The van der Waals surface area contributed by atoms with E-state index in [1.807, 2.05) is 6.08 Å². The van der Waals surface area contributed by atoms with Gasteiger partial charge in [0.15, 0.2) is 5.16 Å². The number of aromatic nitrogens is 2. The lowest BCUT2D eigenvalue weighted by Crippen LogP contribution is -2.01. The van der Waals surface area contributed by atoms with Gasteiger partial charge in [-0.3, -0.25) is 0 Å². The fraction of sp³-hybridized carbons (Fsp3) is 0.385. The van der Waals surface area contributed by atoms with Crippen LogP contribution in [-0.2, 0) is 12.8 Å². The monoisotopic (exact) mass is 277 g/mol. The van der Waals surface area contributed by atoms with Gasteiger partial charge in [-0.15, -0.1) is 17.9 Å². The van der Waals surface area contributed by atoms with Gasteiger partial charge in [-0.05, 0) is 31.2 Å². The van der Waals surface area contributed by atoms with E-state index in [4.69, 9.17) is 5.73 Å². The lowest BCUT2D eigenvalue weighted by molar-refractivity contribution is 0.700. The van der Waals surface area contributed by atoms with E-state index in [1.54, 1.807) is 23.1 Å². The molecule has 1 aliphatic rings. The molecule has 0 fully saturated rings. The van der Waals surface area contributed by atoms with Gasteiger partial charge >= 0.3 is 0 Å². The molecule has 5 heteroatoms. The van der Waals surface area contributed by atoms with Crippen molar-refractivity contribution in [2.75, 3.05) is 11.5 Å². The smallest absolute Gasteiger partial charge is 0.191 e. The highest BCUT2D eigenvalue weighted by Crippen LogP contribution is 2.38. The molecule has 0 aromatic carbocycles. The number of nitrogen functional groups attached to an aromatic ring is 1. The molecule has 0 radical (unpaired) electrons. The first-order valence-corrected chi connectivity index (χ1v) is 7.91. The Bertz CT molecular complexity index is 604. The summed E-state index contributed by atoms with van der Waals surface area (Å²) in [5, 5.41) is 1.87. The van der Waals surface area contributed by atoms with E-state index >= 15 is 0 Å². The lowest BCUT2D eigenvalue weighted by atomic mass is 9.97. The van der Waals surface area contributed by atoms with Crippen LogP contribution in [0.2, 0.25) is 0 Å². The maximum Gasteiger partial charge on any atom is 0.191 e. The molecule has 3 nitrogen and oxygen atoms in total. The Kier molecular flexibility index (Phi) is 3.26. The first kappa shape index (κ1) is 12.0. The zero-order chi connectivity index (χ0) is 12.5. The van der Waals surface area contributed by atoms with Crippen molar-refractivity contribution in [3.63, 3.8) is 0 Å². The average molecular weight is 277 g/mol. The molecular weight excluding hydrogens is 262 g/mol. The third-order valence-electron chi connectivity index (χ3n) is 3.15. The molecule has 0 unspecified atom stereocenters. The van der Waals surface area contributed by atoms with Crippen LogP contribution in [0.15, 0.2) is 17.8 Å². The number of thioether (sulfide) groups is 1. The van der Waals surface area contributed by atoms with Gasteiger partial charge in [-0.2, -0.15) is 0 Å². The molecule has 94 valence electrons. The summed E-state index contributed by atoms with van der Waals surface area (Å²) in [7, 11) is 0. The number of aryl methyl sites for hydroxylation is 2. The Hall–Kier alpha value is -1.07. The van der Waals surface area contributed by atoms with Crippen LogP contribution in [0.1, 0.15) is 23.3 Å². The molecule has 3 rings (SSSR count). The van der Waals surface area contributed by atoms with Gasteiger partial charge in [0, 0.05) is 10.6 Å². The quantitative estimate of drug-likeness (QED) is 0.530. The number of thiophene rings is 1. The fourth-order valence-electron chi connectivity index (χ4n) is 2.36. The first-order chi connectivity index (χ1) is 8.79. The van der Waals surface area contributed by atoms with Crippen molar-refractivity contribution >= 4 is 39.1 Å². The number of fused-ring (bicyclic) bond motifs is 3. The summed E-state index contributed by atoms with van der Waals surface area (Å²) < 4.78 is 0. The molecule has 0 saturated heterocycles. The molecule has 0 spiro atoms. The van der Waals surface area contributed by atoms with E-state index in [0.29, 0.717) is 5.82 Å². The standard InChI is InChI=1S/C13H15N3S2/c1-2-7-17-13-15-11(14)10-8-5-3-4-6-9(8)18-12(10)16-13/h2H,1,3-7H2,(H2,14,15,16). The topological polar surface area (TPSA) is 51.8 Å². The number of hydrogen-bond donors (Lipinski definition) is 1. The fourth-order valence-corrected chi connectivity index (χ4v) is 4.28. The first-order valence-electron chi connectivity index (χ1n) is 6.11. The molecule has 18 heavy (non-hydrogen) atoms. The summed E-state index contributed by atoms with van der Waals surface area (Å²) in [6.07, 6.45) is 6.69. The normalized spacial score (nSPS) is 14.7. The molecule has 0 atom stereocenters. The molecule has 2 N–H and O–H groups in total.